The summed E-state index contributed by atoms with van der Waals surface area (Å²) in [6.07, 6.45) is 1.94. The molecule has 0 radical (unpaired) electrons. The first-order chi connectivity index (χ1) is 8.08. The van der Waals surface area contributed by atoms with E-state index in [9.17, 15) is 0 Å². The number of rotatable bonds is 6. The van der Waals surface area contributed by atoms with E-state index >= 15 is 0 Å². The van der Waals surface area contributed by atoms with Crippen LogP contribution in [0.15, 0.2) is 30.5 Å². The Morgan fingerprint density at radius 3 is 2.65 bits per heavy atom. The Morgan fingerprint density at radius 1 is 1.53 bits per heavy atom. The molecular weight excluding hydrogens is 210 g/mol. The van der Waals surface area contributed by atoms with E-state index < -0.39 is 0 Å². The topological polar surface area (TPSA) is 28.2 Å². The van der Waals surface area contributed by atoms with E-state index in [1.165, 1.54) is 5.57 Å². The number of hydrogen-bond acceptors (Lipinski definition) is 3. The molecule has 3 heteroatoms. The van der Waals surface area contributed by atoms with Gasteiger partial charge in [-0.15, -0.1) is 0 Å². The van der Waals surface area contributed by atoms with Crippen molar-refractivity contribution in [3.05, 3.63) is 36.2 Å². The van der Waals surface area contributed by atoms with Crippen LogP contribution in [0.3, 0.4) is 0 Å². The lowest BCUT2D eigenvalue weighted by atomic mass is 10.2. The molecule has 0 fully saturated rings. The molecule has 17 heavy (non-hydrogen) atoms. The largest absolute Gasteiger partial charge is 0.367 e. The zero-order valence-electron chi connectivity index (χ0n) is 11.3. The maximum Gasteiger partial charge on any atom is 0.0571 e. The summed E-state index contributed by atoms with van der Waals surface area (Å²) in [4.78, 5) is 6.76. The predicted molar refractivity (Wildman–Crippen MR) is 74.4 cm³/mol. The summed E-state index contributed by atoms with van der Waals surface area (Å²) in [5.41, 5.74) is 3.39. The van der Waals surface area contributed by atoms with Gasteiger partial charge in [0, 0.05) is 19.1 Å². The molecule has 1 heterocycles. The highest BCUT2D eigenvalue weighted by Crippen LogP contribution is 2.16. The van der Waals surface area contributed by atoms with Gasteiger partial charge in [-0.2, -0.15) is 0 Å². The van der Waals surface area contributed by atoms with Crippen LogP contribution in [0.5, 0.6) is 0 Å². The van der Waals surface area contributed by atoms with Crippen LogP contribution in [0.2, 0.25) is 0 Å². The molecular formula is C14H23N3. The van der Waals surface area contributed by atoms with Crippen molar-refractivity contribution < 1.29 is 0 Å². The molecule has 0 aliphatic rings. The van der Waals surface area contributed by atoms with E-state index in [4.69, 9.17) is 0 Å². The predicted octanol–water partition coefficient (Wildman–Crippen LogP) is 2.76. The summed E-state index contributed by atoms with van der Waals surface area (Å²) in [7, 11) is 1.94. The number of aromatic nitrogens is 1. The summed E-state index contributed by atoms with van der Waals surface area (Å²) in [5, 5.41) is 3.19. The van der Waals surface area contributed by atoms with Crippen LogP contribution in [0.25, 0.3) is 0 Å². The Kier molecular flexibility index (Phi) is 5.16. The Labute approximate surface area is 105 Å². The van der Waals surface area contributed by atoms with E-state index in [-0.39, 0.29) is 0 Å². The van der Waals surface area contributed by atoms with Crippen LogP contribution in [0, 0.1) is 0 Å². The number of nitrogens with one attached hydrogen (secondary N) is 1. The van der Waals surface area contributed by atoms with E-state index in [0.29, 0.717) is 6.04 Å². The molecule has 94 valence electrons. The quantitative estimate of drug-likeness (QED) is 0.766. The molecule has 1 rings (SSSR count). The molecule has 3 nitrogen and oxygen atoms in total. The third-order valence-electron chi connectivity index (χ3n) is 2.86. The van der Waals surface area contributed by atoms with Crippen LogP contribution in [-0.2, 0) is 0 Å². The number of likely N-dealkylation sites (N-methyl/N-ethyl adjacent to an activating group) is 1. The summed E-state index contributed by atoms with van der Waals surface area (Å²) in [5.74, 6) is 0. The van der Waals surface area contributed by atoms with Crippen molar-refractivity contribution in [2.24, 2.45) is 0 Å². The Hall–Kier alpha value is -1.35. The minimum Gasteiger partial charge on any atom is -0.367 e. The van der Waals surface area contributed by atoms with Gasteiger partial charge in [0.05, 0.1) is 17.6 Å². The highest BCUT2D eigenvalue weighted by molar-refractivity contribution is 5.45. The Balaban J connectivity index is 2.81. The van der Waals surface area contributed by atoms with Gasteiger partial charge in [0.15, 0.2) is 0 Å². The lowest BCUT2D eigenvalue weighted by molar-refractivity contribution is 0.632. The number of hydrogen-bond donors (Lipinski definition) is 1. The summed E-state index contributed by atoms with van der Waals surface area (Å²) in [6.45, 7) is 12.1. The molecule has 1 aromatic heterocycles. The van der Waals surface area contributed by atoms with Gasteiger partial charge in [0.25, 0.3) is 0 Å². The lowest BCUT2D eigenvalue weighted by Gasteiger charge is -2.23. The van der Waals surface area contributed by atoms with E-state index in [1.54, 1.807) is 0 Å². The lowest BCUT2D eigenvalue weighted by Crippen LogP contribution is -2.24. The summed E-state index contributed by atoms with van der Waals surface area (Å²) >= 11 is 0. The van der Waals surface area contributed by atoms with Crippen molar-refractivity contribution in [2.45, 2.75) is 26.8 Å². The SMILES string of the molecule is C=C(C)CN(CC)c1ccc(C(C)NC)nc1. The van der Waals surface area contributed by atoms with Crippen molar-refractivity contribution in [3.8, 4) is 0 Å². The molecule has 0 aliphatic carbocycles. The second-order valence-electron chi connectivity index (χ2n) is 4.42. The van der Waals surface area contributed by atoms with Gasteiger partial charge < -0.3 is 10.2 Å². The first-order valence-electron chi connectivity index (χ1n) is 6.11. The third kappa shape index (κ3) is 3.86. The second kappa shape index (κ2) is 6.40. The molecule has 0 amide bonds. The van der Waals surface area contributed by atoms with Crippen LogP contribution in [0.1, 0.15) is 32.5 Å². The van der Waals surface area contributed by atoms with E-state index in [2.05, 4.69) is 47.8 Å². The molecule has 0 aliphatic heterocycles. The second-order valence-corrected chi connectivity index (χ2v) is 4.42. The standard InChI is InChI=1S/C14H23N3/c1-6-17(10-11(2)3)13-7-8-14(16-9-13)12(4)15-5/h7-9,12,15H,2,6,10H2,1,3-5H3. The van der Waals surface area contributed by atoms with Crippen LogP contribution < -0.4 is 10.2 Å². The van der Waals surface area contributed by atoms with Gasteiger partial charge in [-0.1, -0.05) is 12.2 Å². The third-order valence-corrected chi connectivity index (χ3v) is 2.86. The monoisotopic (exact) mass is 233 g/mol. The number of anilines is 1. The van der Waals surface area contributed by atoms with Gasteiger partial charge in [0.1, 0.15) is 0 Å². The zero-order chi connectivity index (χ0) is 12.8. The van der Waals surface area contributed by atoms with Crippen molar-refractivity contribution in [2.75, 3.05) is 25.0 Å². The van der Waals surface area contributed by atoms with Gasteiger partial charge in [-0.3, -0.25) is 4.98 Å². The fraction of sp³-hybridized carbons (Fsp3) is 0.500. The van der Waals surface area contributed by atoms with Crippen molar-refractivity contribution in [1.29, 1.82) is 0 Å². The van der Waals surface area contributed by atoms with Gasteiger partial charge in [0.2, 0.25) is 0 Å². The van der Waals surface area contributed by atoms with Crippen LogP contribution in [-0.4, -0.2) is 25.1 Å². The van der Waals surface area contributed by atoms with Crippen molar-refractivity contribution >= 4 is 5.69 Å². The molecule has 0 saturated heterocycles. The first kappa shape index (κ1) is 13.7. The minimum atomic E-state index is 0.292. The Bertz CT molecular complexity index is 356. The summed E-state index contributed by atoms with van der Waals surface area (Å²) in [6, 6.07) is 4.50. The van der Waals surface area contributed by atoms with Gasteiger partial charge in [-0.25, -0.2) is 0 Å². The number of pyridine rings is 1. The van der Waals surface area contributed by atoms with Gasteiger partial charge in [-0.05, 0) is 40.0 Å². The molecule has 1 aromatic rings. The highest BCUT2D eigenvalue weighted by Gasteiger charge is 2.07. The summed E-state index contributed by atoms with van der Waals surface area (Å²) < 4.78 is 0. The number of nitrogens with zero attached hydrogens (tertiary/aromatic N) is 2. The molecule has 1 unspecified atom stereocenters. The average molecular weight is 233 g/mol. The minimum absolute atomic E-state index is 0.292. The maximum atomic E-state index is 4.49. The molecule has 0 spiro atoms. The smallest absolute Gasteiger partial charge is 0.0571 e. The van der Waals surface area contributed by atoms with Crippen molar-refractivity contribution in [1.82, 2.24) is 10.3 Å². The molecule has 1 N–H and O–H groups in total. The zero-order valence-corrected chi connectivity index (χ0v) is 11.3. The molecule has 1 atom stereocenters. The molecule has 0 bridgehead atoms. The van der Waals surface area contributed by atoms with E-state index in [0.717, 1.165) is 24.5 Å². The Morgan fingerprint density at radius 2 is 2.24 bits per heavy atom. The fourth-order valence-corrected chi connectivity index (χ4v) is 1.70. The average Bonchev–Trinajstić information content (AvgIpc) is 2.35. The van der Waals surface area contributed by atoms with Crippen molar-refractivity contribution in [3.63, 3.8) is 0 Å². The van der Waals surface area contributed by atoms with Crippen LogP contribution in [0.4, 0.5) is 5.69 Å². The molecule has 0 saturated carbocycles. The normalized spacial score (nSPS) is 12.2. The fourth-order valence-electron chi connectivity index (χ4n) is 1.70. The molecule has 0 aromatic carbocycles. The van der Waals surface area contributed by atoms with Gasteiger partial charge >= 0.3 is 0 Å². The van der Waals surface area contributed by atoms with Crippen LogP contribution >= 0.6 is 0 Å². The first-order valence-corrected chi connectivity index (χ1v) is 6.11. The highest BCUT2D eigenvalue weighted by atomic mass is 15.1. The van der Waals surface area contributed by atoms with E-state index in [1.807, 2.05) is 20.2 Å². The maximum absolute atomic E-state index is 4.49.